The molecule has 0 aliphatic rings. The van der Waals surface area contributed by atoms with Gasteiger partial charge in [-0.2, -0.15) is 0 Å². The molecule has 3 rings (SSSR count). The number of hydrogen-bond donors (Lipinski definition) is 2. The average molecular weight is 565 g/mol. The second-order valence-corrected chi connectivity index (χ2v) is 14.5. The van der Waals surface area contributed by atoms with E-state index in [2.05, 4.69) is 13.8 Å². The summed E-state index contributed by atoms with van der Waals surface area (Å²) in [5.74, 6) is 0.449. The first kappa shape index (κ1) is 32.3. The fraction of sp³-hybridized carbons (Fsp3) is 0.500. The van der Waals surface area contributed by atoms with Crippen LogP contribution in [0.5, 0.6) is 5.75 Å². The summed E-state index contributed by atoms with van der Waals surface area (Å²) >= 11 is 0. The van der Waals surface area contributed by atoms with E-state index in [9.17, 15) is 9.79 Å². The van der Waals surface area contributed by atoms with Gasteiger partial charge >= 0.3 is 231 Å². The molecule has 220 valence electrons. The van der Waals surface area contributed by atoms with Crippen molar-refractivity contribution in [2.45, 2.75) is 117 Å². The third kappa shape index (κ3) is 10.0. The summed E-state index contributed by atoms with van der Waals surface area (Å²) in [6, 6.07) is 24.7. The normalized spacial score (nSPS) is 12.7. The summed E-state index contributed by atoms with van der Waals surface area (Å²) in [7, 11) is -4.91. The third-order valence-electron chi connectivity index (χ3n) is 7.96. The Bertz CT molecular complexity index is 1010. The van der Waals surface area contributed by atoms with Gasteiger partial charge in [0.25, 0.3) is 0 Å². The van der Waals surface area contributed by atoms with Gasteiger partial charge in [0.1, 0.15) is 0 Å². The zero-order valence-corrected chi connectivity index (χ0v) is 26.0. The van der Waals surface area contributed by atoms with Gasteiger partial charge in [-0.05, 0) is 0 Å². The molecule has 2 N–H and O–H groups in total. The van der Waals surface area contributed by atoms with Crippen molar-refractivity contribution in [3.63, 3.8) is 0 Å². The fourth-order valence-electron chi connectivity index (χ4n) is 5.37. The molecule has 0 saturated heterocycles. The van der Waals surface area contributed by atoms with Crippen LogP contribution < -0.4 is 15.1 Å². The Morgan fingerprint density at radius 1 is 0.475 bits per heavy atom. The van der Waals surface area contributed by atoms with Crippen molar-refractivity contribution >= 4 is 17.9 Å². The summed E-state index contributed by atoms with van der Waals surface area (Å²) in [6.07, 6.45) is 20.0. The number of para-hydroxylation sites is 1. The molecule has 0 fully saturated rings. The van der Waals surface area contributed by atoms with Gasteiger partial charge in [-0.25, -0.2) is 0 Å². The van der Waals surface area contributed by atoms with Crippen molar-refractivity contribution in [1.29, 1.82) is 0 Å². The average Bonchev–Trinajstić information content (AvgIpc) is 2.97. The number of unbranched alkanes of at least 4 members (excludes halogenated alkanes) is 12. The summed E-state index contributed by atoms with van der Waals surface area (Å²) in [6.45, 7) is 4.50. The Hall–Kier alpha value is -2.19. The van der Waals surface area contributed by atoms with E-state index in [1.807, 2.05) is 66.7 Å². The number of hydrogen-bond acceptors (Lipinski definition) is 3. The fourth-order valence-corrected chi connectivity index (χ4v) is 7.77. The van der Waals surface area contributed by atoms with Crippen LogP contribution in [0.25, 0.3) is 0 Å². The van der Waals surface area contributed by atoms with Crippen LogP contribution in [0.3, 0.4) is 0 Å². The standard InChI is InChI=1S/C36H53O3P/c1-3-5-7-9-11-13-16-20-32-24-28-35(29-25-32)40(37,38,39-34-22-18-15-19-23-34)36-30-26-33(27-31-36)21-17-14-12-10-8-6-4-2/h15,18-19,22-31,37-38H,3-14,16-17,20-21H2,1-2H3. The molecule has 4 heteroatoms. The number of benzene rings is 3. The van der Waals surface area contributed by atoms with Gasteiger partial charge < -0.3 is 0 Å². The van der Waals surface area contributed by atoms with E-state index in [4.69, 9.17) is 4.52 Å². The van der Waals surface area contributed by atoms with Crippen LogP contribution in [0.15, 0.2) is 78.9 Å². The molecule has 40 heavy (non-hydrogen) atoms. The Morgan fingerprint density at radius 2 is 0.850 bits per heavy atom. The van der Waals surface area contributed by atoms with Crippen LogP contribution >= 0.6 is 7.28 Å². The van der Waals surface area contributed by atoms with Gasteiger partial charge in [0, 0.05) is 0 Å². The van der Waals surface area contributed by atoms with Crippen molar-refractivity contribution in [1.82, 2.24) is 0 Å². The van der Waals surface area contributed by atoms with Crippen LogP contribution in [0.4, 0.5) is 0 Å². The molecule has 0 aliphatic heterocycles. The predicted octanol–water partition coefficient (Wildman–Crippen LogP) is 9.59. The molecule has 0 saturated carbocycles. The van der Waals surface area contributed by atoms with E-state index >= 15 is 0 Å². The Balaban J connectivity index is 1.69. The predicted molar refractivity (Wildman–Crippen MR) is 174 cm³/mol. The maximum absolute atomic E-state index is 12.2. The van der Waals surface area contributed by atoms with E-state index in [0.717, 1.165) is 25.7 Å². The van der Waals surface area contributed by atoms with Crippen molar-refractivity contribution in [3.05, 3.63) is 90.0 Å². The van der Waals surface area contributed by atoms with Crippen LogP contribution in [0.2, 0.25) is 0 Å². The van der Waals surface area contributed by atoms with E-state index < -0.39 is 7.28 Å². The minimum atomic E-state index is -4.91. The first-order valence-electron chi connectivity index (χ1n) is 15.9. The van der Waals surface area contributed by atoms with E-state index in [1.165, 1.54) is 88.2 Å². The Labute approximate surface area is 244 Å². The summed E-state index contributed by atoms with van der Waals surface area (Å²) in [5, 5.41) is 0.857. The van der Waals surface area contributed by atoms with E-state index in [-0.39, 0.29) is 0 Å². The molecular formula is C36H53O3P. The zero-order chi connectivity index (χ0) is 28.5. The van der Waals surface area contributed by atoms with Gasteiger partial charge in [-0.3, -0.25) is 0 Å². The molecule has 0 unspecified atom stereocenters. The van der Waals surface area contributed by atoms with E-state index in [0.29, 0.717) is 16.4 Å². The molecular weight excluding hydrogens is 511 g/mol. The number of aryl methyl sites for hydroxylation is 2. The van der Waals surface area contributed by atoms with Crippen molar-refractivity contribution in [2.75, 3.05) is 0 Å². The first-order chi connectivity index (χ1) is 19.4. The SMILES string of the molecule is CCCCCCCCCc1ccc(P(O)(O)(Oc2ccccc2)c2ccc(CCCCCCCCC)cc2)cc1. The van der Waals surface area contributed by atoms with Crippen LogP contribution in [0, 0.1) is 0 Å². The second-order valence-electron chi connectivity index (χ2n) is 11.4. The van der Waals surface area contributed by atoms with Gasteiger partial charge in [0.15, 0.2) is 0 Å². The monoisotopic (exact) mass is 564 g/mol. The Morgan fingerprint density at radius 3 is 1.25 bits per heavy atom. The van der Waals surface area contributed by atoms with Gasteiger partial charge in [0.05, 0.1) is 0 Å². The Kier molecular flexibility index (Phi) is 13.7. The third-order valence-corrected chi connectivity index (χ3v) is 11.0. The maximum atomic E-state index is 12.2. The van der Waals surface area contributed by atoms with Crippen molar-refractivity contribution in [2.24, 2.45) is 0 Å². The van der Waals surface area contributed by atoms with Crippen LogP contribution in [-0.4, -0.2) is 9.79 Å². The minimum absolute atomic E-state index is 0.429. The van der Waals surface area contributed by atoms with Crippen molar-refractivity contribution in [3.8, 4) is 5.75 Å². The van der Waals surface area contributed by atoms with E-state index in [1.54, 1.807) is 12.1 Å². The summed E-state index contributed by atoms with van der Waals surface area (Å²) in [4.78, 5) is 24.3. The summed E-state index contributed by atoms with van der Waals surface area (Å²) in [5.41, 5.74) is 2.45. The molecule has 0 atom stereocenters. The van der Waals surface area contributed by atoms with Gasteiger partial charge in [0.2, 0.25) is 0 Å². The van der Waals surface area contributed by atoms with Gasteiger partial charge in [-0.1, -0.05) is 13.8 Å². The zero-order valence-electron chi connectivity index (χ0n) is 25.1. The molecule has 3 nitrogen and oxygen atoms in total. The molecule has 0 heterocycles. The quantitative estimate of drug-likeness (QED) is 0.106. The summed E-state index contributed by atoms with van der Waals surface area (Å²) < 4.78 is 6.17. The first-order valence-corrected chi connectivity index (χ1v) is 18.0. The molecule has 3 aromatic carbocycles. The molecule has 0 aromatic heterocycles. The van der Waals surface area contributed by atoms with Crippen LogP contribution in [0.1, 0.15) is 115 Å². The molecule has 0 radical (unpaired) electrons. The molecule has 0 bridgehead atoms. The molecule has 0 spiro atoms. The molecule has 3 aromatic rings. The van der Waals surface area contributed by atoms with Gasteiger partial charge in [-0.15, -0.1) is 0 Å². The molecule has 0 amide bonds. The van der Waals surface area contributed by atoms with Crippen LogP contribution in [-0.2, 0) is 12.8 Å². The topological polar surface area (TPSA) is 49.7 Å². The van der Waals surface area contributed by atoms with Crippen molar-refractivity contribution < 1.29 is 14.3 Å². The second kappa shape index (κ2) is 16.9. The molecule has 0 aliphatic carbocycles. The number of rotatable bonds is 20.